The van der Waals surface area contributed by atoms with Gasteiger partial charge in [0.05, 0.1) is 13.2 Å². The molecule has 0 aliphatic carbocycles. The lowest BCUT2D eigenvalue weighted by Gasteiger charge is -2.22. The van der Waals surface area contributed by atoms with E-state index in [0.717, 1.165) is 27.8 Å². The molecule has 0 bridgehead atoms. The third kappa shape index (κ3) is 8.20. The molecule has 0 aliphatic rings. The zero-order valence-electron chi connectivity index (χ0n) is 22.1. The number of ether oxygens (including phenoxy) is 2. The van der Waals surface area contributed by atoms with Gasteiger partial charge in [-0.1, -0.05) is 66.7 Å². The first-order valence-electron chi connectivity index (χ1n) is 12.6. The van der Waals surface area contributed by atoms with Gasteiger partial charge in [0.1, 0.15) is 12.4 Å². The minimum absolute atomic E-state index is 0.0307. The molecule has 206 valence electrons. The number of amidine groups is 1. The van der Waals surface area contributed by atoms with Gasteiger partial charge in [-0.05, 0) is 59.2 Å². The van der Waals surface area contributed by atoms with Crippen LogP contribution in [0.15, 0.2) is 109 Å². The number of methoxy groups -OCH3 is 1. The summed E-state index contributed by atoms with van der Waals surface area (Å²) < 4.78 is 39.9. The van der Waals surface area contributed by atoms with Crippen molar-refractivity contribution in [1.29, 1.82) is 5.41 Å². The molecule has 9 heteroatoms. The quantitative estimate of drug-likeness (QED) is 0.131. The molecule has 0 aromatic heterocycles. The van der Waals surface area contributed by atoms with Crippen molar-refractivity contribution in [2.45, 2.75) is 12.6 Å². The van der Waals surface area contributed by atoms with E-state index in [1.807, 2.05) is 78.9 Å². The summed E-state index contributed by atoms with van der Waals surface area (Å²) in [6.45, 7) is 0.442. The highest BCUT2D eigenvalue weighted by Crippen LogP contribution is 2.32. The van der Waals surface area contributed by atoms with E-state index in [4.69, 9.17) is 20.6 Å². The Morgan fingerprint density at radius 2 is 1.60 bits per heavy atom. The standard InChI is InChI=1S/C31H32N4O4S/c1-38-30-20-26(14-17-29(30)39-22-24-10-6-3-7-11-24)28(35-27-15-12-25(13-16-27)31(32)33)21-34-40(36,37)19-18-23-8-4-2-5-9-23/h2-20,28,34-35H,21-22H2,1H3,(H3,32,33)/b19-18+. The lowest BCUT2D eigenvalue weighted by molar-refractivity contribution is 0.284. The molecule has 0 heterocycles. The fraction of sp³-hybridized carbons (Fsp3) is 0.129. The normalized spacial score (nSPS) is 12.1. The minimum Gasteiger partial charge on any atom is -0.493 e. The summed E-state index contributed by atoms with van der Waals surface area (Å²) >= 11 is 0. The Bertz CT molecular complexity index is 1540. The van der Waals surface area contributed by atoms with Gasteiger partial charge in [-0.3, -0.25) is 5.41 Å². The zero-order chi connectivity index (χ0) is 28.4. The second kappa shape index (κ2) is 13.5. The van der Waals surface area contributed by atoms with Crippen LogP contribution in [-0.2, 0) is 16.6 Å². The van der Waals surface area contributed by atoms with Gasteiger partial charge < -0.3 is 20.5 Å². The van der Waals surface area contributed by atoms with Crippen molar-refractivity contribution in [3.63, 3.8) is 0 Å². The summed E-state index contributed by atoms with van der Waals surface area (Å²) in [5.41, 5.74) is 9.51. The molecule has 0 amide bonds. The van der Waals surface area contributed by atoms with Crippen molar-refractivity contribution in [2.75, 3.05) is 19.0 Å². The first-order valence-corrected chi connectivity index (χ1v) is 14.2. The van der Waals surface area contributed by atoms with Crippen molar-refractivity contribution >= 4 is 27.6 Å². The van der Waals surface area contributed by atoms with Gasteiger partial charge in [0.25, 0.3) is 0 Å². The van der Waals surface area contributed by atoms with Crippen molar-refractivity contribution in [2.24, 2.45) is 5.73 Å². The number of nitrogens with two attached hydrogens (primary N) is 1. The molecule has 0 radical (unpaired) electrons. The average molecular weight is 557 g/mol. The van der Waals surface area contributed by atoms with Crippen LogP contribution < -0.4 is 25.2 Å². The molecule has 0 fully saturated rings. The topological polar surface area (TPSA) is 127 Å². The highest BCUT2D eigenvalue weighted by molar-refractivity contribution is 7.92. The van der Waals surface area contributed by atoms with Gasteiger partial charge in [-0.25, -0.2) is 13.1 Å². The van der Waals surface area contributed by atoms with Gasteiger partial charge in [-0.2, -0.15) is 0 Å². The van der Waals surface area contributed by atoms with Gasteiger partial charge in [0.2, 0.25) is 10.0 Å². The van der Waals surface area contributed by atoms with Crippen LogP contribution in [0.5, 0.6) is 11.5 Å². The molecule has 0 saturated carbocycles. The Kier molecular flexibility index (Phi) is 9.56. The van der Waals surface area contributed by atoms with Crippen LogP contribution >= 0.6 is 0 Å². The van der Waals surface area contributed by atoms with Crippen LogP contribution in [0.1, 0.15) is 28.3 Å². The maximum absolute atomic E-state index is 12.8. The van der Waals surface area contributed by atoms with Gasteiger partial charge >= 0.3 is 0 Å². The number of nitrogen functional groups attached to an aromatic ring is 1. The lowest BCUT2D eigenvalue weighted by Crippen LogP contribution is -2.30. The minimum atomic E-state index is -3.73. The third-order valence-corrected chi connectivity index (χ3v) is 7.16. The van der Waals surface area contributed by atoms with E-state index in [0.29, 0.717) is 23.7 Å². The first kappa shape index (κ1) is 28.4. The second-order valence-electron chi connectivity index (χ2n) is 8.98. The second-order valence-corrected chi connectivity index (χ2v) is 10.6. The molecule has 4 rings (SSSR count). The largest absolute Gasteiger partial charge is 0.493 e. The summed E-state index contributed by atoms with van der Waals surface area (Å²) in [6, 6.07) is 31.1. The lowest BCUT2D eigenvalue weighted by atomic mass is 10.1. The Morgan fingerprint density at radius 1 is 0.925 bits per heavy atom. The van der Waals surface area contributed by atoms with E-state index < -0.39 is 16.1 Å². The summed E-state index contributed by atoms with van der Waals surface area (Å²) in [6.07, 6.45) is 1.55. The molecule has 40 heavy (non-hydrogen) atoms. The summed E-state index contributed by atoms with van der Waals surface area (Å²) in [7, 11) is -2.16. The molecule has 0 aliphatic heterocycles. The van der Waals surface area contributed by atoms with E-state index in [2.05, 4.69) is 10.0 Å². The van der Waals surface area contributed by atoms with Crippen LogP contribution in [0.2, 0.25) is 0 Å². The molecule has 1 atom stereocenters. The van der Waals surface area contributed by atoms with Crippen LogP contribution in [0, 0.1) is 5.41 Å². The Balaban J connectivity index is 1.55. The van der Waals surface area contributed by atoms with Gasteiger partial charge in [0.15, 0.2) is 11.5 Å². The number of hydrogen-bond donors (Lipinski definition) is 4. The molecule has 4 aromatic rings. The van der Waals surface area contributed by atoms with Crippen LogP contribution in [0.3, 0.4) is 0 Å². The van der Waals surface area contributed by atoms with Crippen LogP contribution in [0.4, 0.5) is 5.69 Å². The molecule has 0 spiro atoms. The zero-order valence-corrected chi connectivity index (χ0v) is 22.9. The van der Waals surface area contributed by atoms with E-state index in [-0.39, 0.29) is 12.4 Å². The van der Waals surface area contributed by atoms with E-state index >= 15 is 0 Å². The molecule has 0 saturated heterocycles. The average Bonchev–Trinajstić information content (AvgIpc) is 2.98. The number of anilines is 1. The van der Waals surface area contributed by atoms with Gasteiger partial charge in [-0.15, -0.1) is 0 Å². The maximum Gasteiger partial charge on any atom is 0.233 e. The Labute approximate surface area is 235 Å². The highest BCUT2D eigenvalue weighted by Gasteiger charge is 2.18. The molecule has 1 unspecified atom stereocenters. The molecule has 8 nitrogen and oxygen atoms in total. The number of rotatable bonds is 13. The van der Waals surface area contributed by atoms with E-state index in [9.17, 15) is 8.42 Å². The SMILES string of the molecule is COc1cc(C(CNS(=O)(=O)/C=C/c2ccccc2)Nc2ccc(C(=N)N)cc2)ccc1OCc1ccccc1. The van der Waals surface area contributed by atoms with Crippen molar-refractivity contribution < 1.29 is 17.9 Å². The summed E-state index contributed by atoms with van der Waals surface area (Å²) in [5, 5.41) is 12.2. The monoisotopic (exact) mass is 556 g/mol. The summed E-state index contributed by atoms with van der Waals surface area (Å²) in [5.74, 6) is 1.07. The van der Waals surface area contributed by atoms with E-state index in [1.165, 1.54) is 0 Å². The van der Waals surface area contributed by atoms with Crippen LogP contribution in [-0.4, -0.2) is 27.9 Å². The predicted molar refractivity (Wildman–Crippen MR) is 160 cm³/mol. The van der Waals surface area contributed by atoms with Crippen LogP contribution in [0.25, 0.3) is 6.08 Å². The number of hydrogen-bond acceptors (Lipinski definition) is 6. The van der Waals surface area contributed by atoms with Crippen molar-refractivity contribution in [1.82, 2.24) is 4.72 Å². The number of sulfonamides is 1. The Morgan fingerprint density at radius 3 is 2.25 bits per heavy atom. The molecular formula is C31H32N4O4S. The van der Waals surface area contributed by atoms with Gasteiger partial charge in [0, 0.05) is 23.2 Å². The maximum atomic E-state index is 12.8. The van der Waals surface area contributed by atoms with E-state index in [1.54, 1.807) is 37.5 Å². The molecule has 4 aromatic carbocycles. The fourth-order valence-corrected chi connectivity index (χ4v) is 4.77. The predicted octanol–water partition coefficient (Wildman–Crippen LogP) is 5.30. The molecule has 5 N–H and O–H groups in total. The first-order chi connectivity index (χ1) is 19.3. The number of benzene rings is 4. The third-order valence-electron chi connectivity index (χ3n) is 6.09. The smallest absolute Gasteiger partial charge is 0.233 e. The molecular weight excluding hydrogens is 524 g/mol. The van der Waals surface area contributed by atoms with Crippen molar-refractivity contribution in [3.05, 3.63) is 131 Å². The fourth-order valence-electron chi connectivity index (χ4n) is 3.93. The highest BCUT2D eigenvalue weighted by atomic mass is 32.2. The Hall–Kier alpha value is -4.60. The summed E-state index contributed by atoms with van der Waals surface area (Å²) in [4.78, 5) is 0. The number of nitrogens with one attached hydrogen (secondary N) is 3. The van der Waals surface area contributed by atoms with Crippen molar-refractivity contribution in [3.8, 4) is 11.5 Å².